The topological polar surface area (TPSA) is 82.6 Å². The number of likely N-dealkylation sites (N-methyl/N-ethyl adjacent to an activating group) is 1. The minimum absolute atomic E-state index is 0.0599. The third-order valence-corrected chi connectivity index (χ3v) is 2.48. The third kappa shape index (κ3) is 4.34. The summed E-state index contributed by atoms with van der Waals surface area (Å²) in [7, 11) is 3.06. The van der Waals surface area contributed by atoms with Crippen LogP contribution in [0.25, 0.3) is 0 Å². The average molecular weight is 289 g/mol. The lowest BCUT2D eigenvalue weighted by Crippen LogP contribution is -2.24. The van der Waals surface area contributed by atoms with Crippen molar-refractivity contribution in [2.24, 2.45) is 0 Å². The second kappa shape index (κ2) is 7.09. The van der Waals surface area contributed by atoms with Crippen LogP contribution >= 0.6 is 0 Å². The maximum absolute atomic E-state index is 11.1. The van der Waals surface area contributed by atoms with E-state index in [0.717, 1.165) is 0 Å². The maximum Gasteiger partial charge on any atom is 0.325 e. The lowest BCUT2D eigenvalue weighted by atomic mass is 10.3. The van der Waals surface area contributed by atoms with E-state index in [4.69, 9.17) is 14.2 Å². The van der Waals surface area contributed by atoms with Gasteiger partial charge in [-0.25, -0.2) is 4.98 Å². The molecular weight excluding hydrogens is 274 g/mol. The summed E-state index contributed by atoms with van der Waals surface area (Å²) in [6.45, 7) is -0.0599. The van der Waals surface area contributed by atoms with E-state index in [-0.39, 0.29) is 18.5 Å². The Balaban J connectivity index is 2.04. The van der Waals surface area contributed by atoms with Crippen LogP contribution in [0.4, 0.5) is 0 Å². The van der Waals surface area contributed by atoms with Gasteiger partial charge in [0.05, 0.1) is 7.11 Å². The Kier molecular flexibility index (Phi) is 4.92. The number of amides is 1. The number of carbonyl (C=O) groups excluding carboxylic acids is 1. The number of hydrogen-bond acceptors (Lipinski definition) is 6. The van der Waals surface area contributed by atoms with Crippen LogP contribution in [0.15, 0.2) is 36.5 Å². The van der Waals surface area contributed by atoms with Gasteiger partial charge in [-0.05, 0) is 12.1 Å². The van der Waals surface area contributed by atoms with Gasteiger partial charge in [0, 0.05) is 25.4 Å². The molecule has 110 valence electrons. The highest BCUT2D eigenvalue weighted by Gasteiger charge is 2.05. The Morgan fingerprint density at radius 1 is 1.29 bits per heavy atom. The number of hydrogen-bond donors (Lipinski definition) is 1. The molecule has 1 amide bonds. The highest BCUT2D eigenvalue weighted by Crippen LogP contribution is 2.23. The minimum atomic E-state index is -0.211. The molecule has 2 aromatic rings. The first kappa shape index (κ1) is 14.6. The fraction of sp³-hybridized carbons (Fsp3) is 0.214. The van der Waals surface area contributed by atoms with Crippen LogP contribution in [-0.2, 0) is 4.79 Å². The van der Waals surface area contributed by atoms with Gasteiger partial charge in [0.2, 0.25) is 5.88 Å². The average Bonchev–Trinajstić information content (AvgIpc) is 2.53. The van der Waals surface area contributed by atoms with Crippen molar-refractivity contribution in [1.82, 2.24) is 15.3 Å². The molecule has 0 unspecified atom stereocenters. The second-order valence-corrected chi connectivity index (χ2v) is 3.92. The number of benzene rings is 1. The van der Waals surface area contributed by atoms with E-state index in [9.17, 15) is 4.79 Å². The molecule has 7 nitrogen and oxygen atoms in total. The molecule has 0 radical (unpaired) electrons. The maximum atomic E-state index is 11.1. The van der Waals surface area contributed by atoms with E-state index < -0.39 is 0 Å². The Hall–Kier alpha value is -2.83. The molecule has 0 aliphatic carbocycles. The number of aromatic nitrogens is 2. The summed E-state index contributed by atoms with van der Waals surface area (Å²) < 4.78 is 15.8. The summed E-state index contributed by atoms with van der Waals surface area (Å²) in [5.41, 5.74) is 0. The number of rotatable bonds is 6. The van der Waals surface area contributed by atoms with E-state index in [2.05, 4.69) is 15.3 Å². The smallest absolute Gasteiger partial charge is 0.325 e. The third-order valence-electron chi connectivity index (χ3n) is 2.48. The molecule has 2 rings (SSSR count). The summed E-state index contributed by atoms with van der Waals surface area (Å²) in [5, 5.41) is 2.47. The zero-order chi connectivity index (χ0) is 15.1. The predicted octanol–water partition coefficient (Wildman–Crippen LogP) is 1.40. The van der Waals surface area contributed by atoms with Gasteiger partial charge in [-0.3, -0.25) is 4.79 Å². The van der Waals surface area contributed by atoms with Gasteiger partial charge in [-0.2, -0.15) is 4.98 Å². The molecule has 0 spiro atoms. The van der Waals surface area contributed by atoms with Crippen molar-refractivity contribution in [3.8, 4) is 23.4 Å². The Morgan fingerprint density at radius 3 is 2.86 bits per heavy atom. The first-order valence-corrected chi connectivity index (χ1v) is 6.19. The van der Waals surface area contributed by atoms with Crippen LogP contribution in [0.1, 0.15) is 0 Å². The van der Waals surface area contributed by atoms with Gasteiger partial charge in [-0.15, -0.1) is 0 Å². The van der Waals surface area contributed by atoms with Crippen molar-refractivity contribution in [1.29, 1.82) is 0 Å². The molecule has 0 aliphatic heterocycles. The van der Waals surface area contributed by atoms with Gasteiger partial charge in [0.15, 0.2) is 6.61 Å². The monoisotopic (exact) mass is 289 g/mol. The van der Waals surface area contributed by atoms with Crippen LogP contribution in [-0.4, -0.2) is 36.6 Å². The molecule has 7 heteroatoms. The molecule has 0 fully saturated rings. The Bertz CT molecular complexity index is 619. The number of methoxy groups -OCH3 is 1. The van der Waals surface area contributed by atoms with Gasteiger partial charge >= 0.3 is 6.01 Å². The van der Waals surface area contributed by atoms with Crippen LogP contribution in [0.5, 0.6) is 23.4 Å². The van der Waals surface area contributed by atoms with E-state index in [1.807, 2.05) is 0 Å². The molecule has 0 atom stereocenters. The van der Waals surface area contributed by atoms with Gasteiger partial charge in [0.25, 0.3) is 5.91 Å². The number of carbonyl (C=O) groups is 1. The quantitative estimate of drug-likeness (QED) is 0.865. The molecule has 0 aliphatic rings. The van der Waals surface area contributed by atoms with Crippen molar-refractivity contribution < 1.29 is 19.0 Å². The van der Waals surface area contributed by atoms with Crippen LogP contribution < -0.4 is 19.5 Å². The number of nitrogens with one attached hydrogen (secondary N) is 1. The predicted molar refractivity (Wildman–Crippen MR) is 74.7 cm³/mol. The SMILES string of the molecule is CNC(=O)COc1cccc(Oc2nccc(OC)n2)c1. The van der Waals surface area contributed by atoms with Crippen molar-refractivity contribution in [3.05, 3.63) is 36.5 Å². The molecule has 0 bridgehead atoms. The molecular formula is C14H15N3O4. The Morgan fingerprint density at radius 2 is 2.10 bits per heavy atom. The lowest BCUT2D eigenvalue weighted by molar-refractivity contribution is -0.122. The molecule has 0 saturated carbocycles. The summed E-state index contributed by atoms with van der Waals surface area (Å²) >= 11 is 0. The van der Waals surface area contributed by atoms with E-state index in [1.165, 1.54) is 13.3 Å². The van der Waals surface area contributed by atoms with Crippen LogP contribution in [0.3, 0.4) is 0 Å². The highest BCUT2D eigenvalue weighted by atomic mass is 16.5. The fourth-order valence-corrected chi connectivity index (χ4v) is 1.44. The molecule has 0 saturated heterocycles. The van der Waals surface area contributed by atoms with Crippen molar-refractivity contribution in [3.63, 3.8) is 0 Å². The van der Waals surface area contributed by atoms with Crippen LogP contribution in [0, 0.1) is 0 Å². The first-order chi connectivity index (χ1) is 10.2. The molecule has 1 N–H and O–H groups in total. The van der Waals surface area contributed by atoms with Crippen molar-refractivity contribution in [2.45, 2.75) is 0 Å². The molecule has 1 heterocycles. The summed E-state index contributed by atoms with van der Waals surface area (Å²) in [6, 6.07) is 8.63. The summed E-state index contributed by atoms with van der Waals surface area (Å²) in [4.78, 5) is 19.2. The summed E-state index contributed by atoms with van der Waals surface area (Å²) in [5.74, 6) is 1.21. The second-order valence-electron chi connectivity index (χ2n) is 3.92. The number of ether oxygens (including phenoxy) is 3. The molecule has 1 aromatic carbocycles. The van der Waals surface area contributed by atoms with Gasteiger partial charge < -0.3 is 19.5 Å². The Labute approximate surface area is 121 Å². The fourth-order valence-electron chi connectivity index (χ4n) is 1.44. The van der Waals surface area contributed by atoms with E-state index in [0.29, 0.717) is 17.4 Å². The molecule has 1 aromatic heterocycles. The van der Waals surface area contributed by atoms with E-state index >= 15 is 0 Å². The first-order valence-electron chi connectivity index (χ1n) is 6.19. The molecule has 21 heavy (non-hydrogen) atoms. The minimum Gasteiger partial charge on any atom is -0.484 e. The normalized spacial score (nSPS) is 9.81. The van der Waals surface area contributed by atoms with Gasteiger partial charge in [0.1, 0.15) is 11.5 Å². The van der Waals surface area contributed by atoms with E-state index in [1.54, 1.807) is 37.4 Å². The number of nitrogens with zero attached hydrogens (tertiary/aromatic N) is 2. The van der Waals surface area contributed by atoms with Crippen LogP contribution in [0.2, 0.25) is 0 Å². The zero-order valence-corrected chi connectivity index (χ0v) is 11.7. The van der Waals surface area contributed by atoms with Crippen molar-refractivity contribution >= 4 is 5.91 Å². The van der Waals surface area contributed by atoms with Gasteiger partial charge in [-0.1, -0.05) is 6.07 Å². The largest absolute Gasteiger partial charge is 0.484 e. The zero-order valence-electron chi connectivity index (χ0n) is 11.7. The summed E-state index contributed by atoms with van der Waals surface area (Å²) in [6.07, 6.45) is 1.53. The highest BCUT2D eigenvalue weighted by molar-refractivity contribution is 5.77. The standard InChI is InChI=1S/C14H15N3O4/c1-15-12(18)9-20-10-4-3-5-11(8-10)21-14-16-7-6-13(17-14)19-2/h3-8H,9H2,1-2H3,(H,15,18). The van der Waals surface area contributed by atoms with Crippen molar-refractivity contribution in [2.75, 3.05) is 20.8 Å². The lowest BCUT2D eigenvalue weighted by Gasteiger charge is -2.08.